The molecule has 0 saturated heterocycles. The van der Waals surface area contributed by atoms with Crippen molar-refractivity contribution < 1.29 is 4.79 Å². The van der Waals surface area contributed by atoms with E-state index >= 15 is 0 Å². The molecule has 6 heteroatoms. The first kappa shape index (κ1) is 17.8. The third-order valence-corrected chi connectivity index (χ3v) is 3.56. The second-order valence-corrected chi connectivity index (χ2v) is 5.41. The third kappa shape index (κ3) is 4.75. The molecule has 89 valence electrons. The summed E-state index contributed by atoms with van der Waals surface area (Å²) in [4.78, 5) is 12.0. The Morgan fingerprint density at radius 1 is 1.29 bits per heavy atom. The van der Waals surface area contributed by atoms with Gasteiger partial charge in [0.25, 0.3) is 0 Å². The Morgan fingerprint density at radius 3 is 2.18 bits per heavy atom. The van der Waals surface area contributed by atoms with Gasteiger partial charge in [-0.15, -0.1) is 9.24 Å². The van der Waals surface area contributed by atoms with Crippen molar-refractivity contribution in [2.75, 3.05) is 0 Å². The fourth-order valence-electron chi connectivity index (χ4n) is 1.31. The van der Waals surface area contributed by atoms with Crippen LogP contribution in [0.4, 0.5) is 0 Å². The van der Waals surface area contributed by atoms with Crippen molar-refractivity contribution in [2.45, 2.75) is 18.5 Å². The molecular weight excluding hydrogens is 292 g/mol. The number of carbonyl (C=O) groups is 1. The zero-order valence-electron chi connectivity index (χ0n) is 8.47. The molecular formula is C11H12Cl3LiOP. The minimum absolute atomic E-state index is 0. The maximum absolute atomic E-state index is 12.0. The number of Topliss-reactive ketones (excluding diaryl/α,β-unsaturated/α-hetero) is 1. The van der Waals surface area contributed by atoms with Gasteiger partial charge in [-0.3, -0.25) is 4.79 Å². The number of ketones is 1. The van der Waals surface area contributed by atoms with Gasteiger partial charge in [-0.05, 0) is 18.6 Å². The Morgan fingerprint density at radius 2 is 1.76 bits per heavy atom. The standard InChI is InChI=1S/C11H11Cl3OP.Li.H/c1-2-3-9(16)11(15)10-7(13)4-6(12)5-8(10)14;;/h4-5,9H,1-3,16H2;;. The average molecular weight is 304 g/mol. The van der Waals surface area contributed by atoms with E-state index in [1.165, 1.54) is 12.1 Å². The van der Waals surface area contributed by atoms with E-state index in [1.807, 2.05) is 0 Å². The van der Waals surface area contributed by atoms with Crippen molar-refractivity contribution in [3.63, 3.8) is 0 Å². The second kappa shape index (κ2) is 8.06. The second-order valence-electron chi connectivity index (χ2n) is 3.36. The summed E-state index contributed by atoms with van der Waals surface area (Å²) in [5, 5.41) is 1.00. The van der Waals surface area contributed by atoms with Gasteiger partial charge in [-0.2, -0.15) is 0 Å². The maximum atomic E-state index is 12.0. The molecule has 0 N–H and O–H groups in total. The van der Waals surface area contributed by atoms with Gasteiger partial charge >= 0.3 is 18.9 Å². The number of hydrogen-bond donors (Lipinski definition) is 0. The molecule has 1 aromatic carbocycles. The van der Waals surface area contributed by atoms with E-state index in [4.69, 9.17) is 34.8 Å². The zero-order valence-corrected chi connectivity index (χ0v) is 11.9. The van der Waals surface area contributed by atoms with Crippen molar-refractivity contribution >= 4 is 68.7 Å². The molecule has 1 radical (unpaired) electrons. The molecule has 0 aliphatic carbocycles. The number of halogens is 3. The molecule has 2 unspecified atom stereocenters. The van der Waals surface area contributed by atoms with Gasteiger partial charge in [0.1, 0.15) is 0 Å². The Bertz CT molecular complexity index is 389. The van der Waals surface area contributed by atoms with Crippen molar-refractivity contribution in [1.82, 2.24) is 0 Å². The SMILES string of the molecule is [CH2]CCC(P)C(=O)c1c(Cl)cc(Cl)cc1Cl.[LiH]. The summed E-state index contributed by atoms with van der Waals surface area (Å²) in [6, 6.07) is 3.04. The quantitative estimate of drug-likeness (QED) is 0.466. The summed E-state index contributed by atoms with van der Waals surface area (Å²) in [5.41, 5.74) is 0.120. The van der Waals surface area contributed by atoms with Crippen molar-refractivity contribution in [1.29, 1.82) is 0 Å². The van der Waals surface area contributed by atoms with Gasteiger partial charge in [0.2, 0.25) is 0 Å². The van der Waals surface area contributed by atoms with Crippen LogP contribution in [0.3, 0.4) is 0 Å². The molecule has 0 heterocycles. The van der Waals surface area contributed by atoms with Gasteiger partial charge in [-0.1, -0.05) is 48.1 Å². The Labute approximate surface area is 131 Å². The van der Waals surface area contributed by atoms with Crippen LogP contribution in [0.5, 0.6) is 0 Å². The molecule has 0 aromatic heterocycles. The fraction of sp³-hybridized carbons (Fsp3) is 0.273. The summed E-state index contributed by atoms with van der Waals surface area (Å²) in [7, 11) is 2.48. The van der Waals surface area contributed by atoms with Gasteiger partial charge in [-0.25, -0.2) is 0 Å². The van der Waals surface area contributed by atoms with Crippen LogP contribution in [0, 0.1) is 6.92 Å². The molecule has 0 bridgehead atoms. The predicted molar refractivity (Wildman–Crippen MR) is 81.0 cm³/mol. The summed E-state index contributed by atoms with van der Waals surface area (Å²) >= 11 is 17.7. The van der Waals surface area contributed by atoms with Crippen molar-refractivity contribution in [2.24, 2.45) is 0 Å². The van der Waals surface area contributed by atoms with Crippen LogP contribution < -0.4 is 0 Å². The van der Waals surface area contributed by atoms with Crippen molar-refractivity contribution in [3.05, 3.63) is 39.7 Å². The van der Waals surface area contributed by atoms with Gasteiger partial charge in [0.15, 0.2) is 5.78 Å². The summed E-state index contributed by atoms with van der Waals surface area (Å²) in [5.74, 6) is -0.0969. The monoisotopic (exact) mass is 303 g/mol. The van der Waals surface area contributed by atoms with E-state index in [9.17, 15) is 4.79 Å². The molecule has 1 aromatic rings. The molecule has 0 fully saturated rings. The topological polar surface area (TPSA) is 17.1 Å². The molecule has 0 saturated carbocycles. The molecule has 17 heavy (non-hydrogen) atoms. The minimum atomic E-state index is -0.214. The Hall–Kier alpha value is 0.787. The van der Waals surface area contributed by atoms with E-state index in [2.05, 4.69) is 16.2 Å². The molecule has 1 rings (SSSR count). The third-order valence-electron chi connectivity index (χ3n) is 2.11. The summed E-state index contributed by atoms with van der Waals surface area (Å²) < 4.78 is 0. The first-order valence-corrected chi connectivity index (χ1v) is 6.51. The van der Waals surface area contributed by atoms with Crippen LogP contribution >= 0.6 is 44.0 Å². The van der Waals surface area contributed by atoms with Crippen molar-refractivity contribution in [3.8, 4) is 0 Å². The first-order valence-electron chi connectivity index (χ1n) is 4.71. The van der Waals surface area contributed by atoms with Crippen LogP contribution in [-0.2, 0) is 0 Å². The number of hydrogen-bond acceptors (Lipinski definition) is 1. The average Bonchev–Trinajstić information content (AvgIpc) is 2.16. The van der Waals surface area contributed by atoms with E-state index in [0.29, 0.717) is 33.5 Å². The summed E-state index contributed by atoms with van der Waals surface area (Å²) in [6.45, 7) is 3.71. The fourth-order valence-corrected chi connectivity index (χ4v) is 2.72. The number of carbonyl (C=O) groups excluding carboxylic acids is 1. The molecule has 2 atom stereocenters. The van der Waals surface area contributed by atoms with E-state index in [-0.39, 0.29) is 30.3 Å². The van der Waals surface area contributed by atoms with Crippen LogP contribution in [0.15, 0.2) is 12.1 Å². The molecule has 1 nitrogen and oxygen atoms in total. The van der Waals surface area contributed by atoms with E-state index in [1.54, 1.807) is 0 Å². The molecule has 0 amide bonds. The normalized spacial score (nSPS) is 11.8. The van der Waals surface area contributed by atoms with Gasteiger partial charge < -0.3 is 0 Å². The number of rotatable bonds is 4. The Kier molecular flexibility index (Phi) is 8.43. The van der Waals surface area contributed by atoms with E-state index < -0.39 is 0 Å². The van der Waals surface area contributed by atoms with Crippen LogP contribution in [0.25, 0.3) is 0 Å². The number of benzene rings is 1. The summed E-state index contributed by atoms with van der Waals surface area (Å²) in [6.07, 6.45) is 1.36. The van der Waals surface area contributed by atoms with Crippen LogP contribution in [0.2, 0.25) is 15.1 Å². The predicted octanol–water partition coefficient (Wildman–Crippen LogP) is 4.04. The van der Waals surface area contributed by atoms with Crippen LogP contribution in [-0.4, -0.2) is 30.3 Å². The molecule has 0 aliphatic rings. The van der Waals surface area contributed by atoms with Gasteiger partial charge in [0.05, 0.1) is 15.6 Å². The van der Waals surface area contributed by atoms with E-state index in [0.717, 1.165) is 0 Å². The molecule has 0 spiro atoms. The first-order chi connectivity index (χ1) is 7.47. The van der Waals surface area contributed by atoms with Crippen LogP contribution in [0.1, 0.15) is 23.2 Å². The zero-order chi connectivity index (χ0) is 12.3. The van der Waals surface area contributed by atoms with Gasteiger partial charge in [0, 0.05) is 10.7 Å². The Balaban J connectivity index is 0.00000256. The molecule has 0 aliphatic heterocycles.